The minimum atomic E-state index is -5.60. The zero-order valence-corrected chi connectivity index (χ0v) is 14.1. The minimum absolute atomic E-state index is 0.301. The fourth-order valence-corrected chi connectivity index (χ4v) is 3.88. The summed E-state index contributed by atoms with van der Waals surface area (Å²) in [5.74, 6) is 0.695. The lowest BCUT2D eigenvalue weighted by molar-refractivity contribution is -0.0435. The van der Waals surface area contributed by atoms with Gasteiger partial charge in [-0.15, -0.1) is 0 Å². The molecule has 0 saturated carbocycles. The van der Waals surface area contributed by atoms with E-state index in [1.807, 2.05) is 0 Å². The summed E-state index contributed by atoms with van der Waals surface area (Å²) in [7, 11) is -5.60. The maximum absolute atomic E-state index is 12.5. The SMILES string of the molecule is O=S(=O)(c1cc(Cl)c(N(O)NC2=NCCS2)c(Cl)c1)C(F)(F)F. The summed E-state index contributed by atoms with van der Waals surface area (Å²) in [5, 5.41) is 9.63. The van der Waals surface area contributed by atoms with E-state index in [2.05, 4.69) is 10.4 Å². The van der Waals surface area contributed by atoms with Crippen LogP contribution in [0.3, 0.4) is 0 Å². The third kappa shape index (κ3) is 3.79. The number of nitrogens with zero attached hydrogens (tertiary/aromatic N) is 2. The lowest BCUT2D eigenvalue weighted by Gasteiger charge is -2.21. The van der Waals surface area contributed by atoms with E-state index in [4.69, 9.17) is 23.2 Å². The Morgan fingerprint density at radius 3 is 2.30 bits per heavy atom. The summed E-state index contributed by atoms with van der Waals surface area (Å²) >= 11 is 12.8. The fraction of sp³-hybridized carbons (Fsp3) is 0.300. The maximum Gasteiger partial charge on any atom is 0.501 e. The quantitative estimate of drug-likeness (QED) is 0.746. The zero-order chi connectivity index (χ0) is 17.4. The van der Waals surface area contributed by atoms with Gasteiger partial charge in [0.1, 0.15) is 5.69 Å². The molecule has 13 heteroatoms. The number of nitrogens with one attached hydrogen (secondary N) is 1. The normalized spacial score (nSPS) is 15.5. The van der Waals surface area contributed by atoms with Crippen molar-refractivity contribution in [2.24, 2.45) is 4.99 Å². The highest BCUT2D eigenvalue weighted by molar-refractivity contribution is 8.14. The van der Waals surface area contributed by atoms with Gasteiger partial charge in [0, 0.05) is 5.75 Å². The number of hydrogen-bond acceptors (Lipinski definition) is 7. The van der Waals surface area contributed by atoms with Crippen LogP contribution in [-0.4, -0.2) is 36.6 Å². The Kier molecular flexibility index (Phi) is 5.26. The number of hydrogen-bond donors (Lipinski definition) is 2. The Bertz CT molecular complexity index is 732. The number of thioether (sulfide) groups is 1. The number of amidine groups is 1. The van der Waals surface area contributed by atoms with Crippen molar-refractivity contribution in [3.05, 3.63) is 22.2 Å². The van der Waals surface area contributed by atoms with Crippen LogP contribution in [0.15, 0.2) is 22.0 Å². The molecule has 0 fully saturated rings. The van der Waals surface area contributed by atoms with Crippen molar-refractivity contribution in [3.8, 4) is 0 Å². The van der Waals surface area contributed by atoms with Crippen LogP contribution in [0, 0.1) is 0 Å². The van der Waals surface area contributed by atoms with Gasteiger partial charge in [0.25, 0.3) is 9.84 Å². The molecule has 0 spiro atoms. The van der Waals surface area contributed by atoms with E-state index in [9.17, 15) is 26.8 Å². The highest BCUT2D eigenvalue weighted by Gasteiger charge is 2.47. The first-order valence-electron chi connectivity index (χ1n) is 5.77. The molecule has 0 unspecified atom stereocenters. The Labute approximate surface area is 143 Å². The van der Waals surface area contributed by atoms with Gasteiger partial charge in [-0.2, -0.15) is 18.3 Å². The third-order valence-electron chi connectivity index (χ3n) is 2.60. The first-order valence-corrected chi connectivity index (χ1v) is 9.00. The van der Waals surface area contributed by atoms with Gasteiger partial charge >= 0.3 is 5.51 Å². The third-order valence-corrected chi connectivity index (χ3v) is 5.53. The number of rotatable bonds is 3. The molecule has 23 heavy (non-hydrogen) atoms. The van der Waals surface area contributed by atoms with Crippen LogP contribution in [-0.2, 0) is 9.84 Å². The van der Waals surface area contributed by atoms with E-state index in [1.165, 1.54) is 11.8 Å². The molecule has 0 amide bonds. The lowest BCUT2D eigenvalue weighted by Crippen LogP contribution is -2.38. The van der Waals surface area contributed by atoms with Gasteiger partial charge in [0.05, 0.1) is 21.5 Å². The predicted molar refractivity (Wildman–Crippen MR) is 81.9 cm³/mol. The fourth-order valence-electron chi connectivity index (χ4n) is 1.58. The van der Waals surface area contributed by atoms with Gasteiger partial charge in [-0.25, -0.2) is 8.42 Å². The summed E-state index contributed by atoms with van der Waals surface area (Å²) in [6.07, 6.45) is 0. The van der Waals surface area contributed by atoms with Crippen LogP contribution in [0.25, 0.3) is 0 Å². The van der Waals surface area contributed by atoms with Crippen LogP contribution in [0.5, 0.6) is 0 Å². The van der Waals surface area contributed by atoms with Gasteiger partial charge in [-0.3, -0.25) is 15.6 Å². The largest absolute Gasteiger partial charge is 0.501 e. The van der Waals surface area contributed by atoms with Crippen molar-refractivity contribution >= 4 is 55.7 Å². The van der Waals surface area contributed by atoms with Crippen LogP contribution in [0.1, 0.15) is 0 Å². The molecule has 1 aromatic rings. The van der Waals surface area contributed by atoms with Crippen LogP contribution in [0.2, 0.25) is 10.0 Å². The molecule has 1 aliphatic heterocycles. The molecule has 1 aliphatic rings. The first-order chi connectivity index (χ1) is 10.5. The number of benzene rings is 1. The first kappa shape index (κ1) is 18.5. The lowest BCUT2D eigenvalue weighted by atomic mass is 10.3. The molecule has 2 N–H and O–H groups in total. The summed E-state index contributed by atoms with van der Waals surface area (Å²) in [5.41, 5.74) is -3.37. The van der Waals surface area contributed by atoms with E-state index in [0.717, 1.165) is 0 Å². The summed E-state index contributed by atoms with van der Waals surface area (Å²) in [6.45, 7) is 0.533. The smallest absolute Gasteiger partial charge is 0.269 e. The maximum atomic E-state index is 12.5. The molecular weight excluding hydrogens is 402 g/mol. The van der Waals surface area contributed by atoms with E-state index in [1.54, 1.807) is 0 Å². The molecule has 0 saturated heterocycles. The van der Waals surface area contributed by atoms with Crippen molar-refractivity contribution in [1.29, 1.82) is 0 Å². The monoisotopic (exact) mass is 409 g/mol. The second-order valence-corrected chi connectivity index (χ2v) is 7.98. The Hall–Kier alpha value is -0.880. The molecule has 0 atom stereocenters. The van der Waals surface area contributed by atoms with Crippen LogP contribution >= 0.6 is 35.0 Å². The topological polar surface area (TPSA) is 82.0 Å². The number of hydrazine groups is 1. The molecular formula is C10H8Cl2F3N3O3S2. The molecule has 1 aromatic carbocycles. The van der Waals surface area contributed by atoms with Crippen molar-refractivity contribution in [2.45, 2.75) is 10.4 Å². The Balaban J connectivity index is 2.38. The standard InChI is InChI=1S/C10H8Cl2F3N3O3S2/c11-6-3-5(23(20,21)10(13,14)15)4-7(12)8(6)18(19)17-9-16-1-2-22-9/h3-4,19H,1-2H2,(H,16,17). The van der Waals surface area contributed by atoms with Gasteiger partial charge in [-0.1, -0.05) is 35.0 Å². The van der Waals surface area contributed by atoms with E-state index < -0.39 is 30.3 Å². The van der Waals surface area contributed by atoms with Gasteiger partial charge in [0.15, 0.2) is 5.17 Å². The van der Waals surface area contributed by atoms with E-state index in [0.29, 0.717) is 34.8 Å². The molecule has 0 aromatic heterocycles. The molecule has 0 radical (unpaired) electrons. The molecule has 1 heterocycles. The summed E-state index contributed by atoms with van der Waals surface area (Å²) < 4.78 is 60.4. The summed E-state index contributed by atoms with van der Waals surface area (Å²) in [6, 6.07) is 1.11. The number of halogens is 5. The second-order valence-electron chi connectivity index (χ2n) is 4.14. The molecule has 128 valence electrons. The Morgan fingerprint density at radius 2 is 1.87 bits per heavy atom. The average Bonchev–Trinajstić information content (AvgIpc) is 2.89. The number of alkyl halides is 3. The summed E-state index contributed by atoms with van der Waals surface area (Å²) in [4.78, 5) is 2.87. The highest BCUT2D eigenvalue weighted by atomic mass is 35.5. The van der Waals surface area contributed by atoms with E-state index in [-0.39, 0.29) is 5.69 Å². The van der Waals surface area contributed by atoms with Crippen molar-refractivity contribution in [1.82, 2.24) is 5.43 Å². The molecule has 0 bridgehead atoms. The van der Waals surface area contributed by atoms with E-state index >= 15 is 0 Å². The van der Waals surface area contributed by atoms with Crippen molar-refractivity contribution in [3.63, 3.8) is 0 Å². The van der Waals surface area contributed by atoms with Gasteiger partial charge in [0.2, 0.25) is 0 Å². The zero-order valence-electron chi connectivity index (χ0n) is 10.9. The highest BCUT2D eigenvalue weighted by Crippen LogP contribution is 2.39. The minimum Gasteiger partial charge on any atom is -0.269 e. The predicted octanol–water partition coefficient (Wildman–Crippen LogP) is 3.09. The van der Waals surface area contributed by atoms with Gasteiger partial charge < -0.3 is 0 Å². The second kappa shape index (κ2) is 6.55. The van der Waals surface area contributed by atoms with Crippen LogP contribution in [0.4, 0.5) is 18.9 Å². The molecule has 6 nitrogen and oxygen atoms in total. The number of sulfone groups is 1. The van der Waals surface area contributed by atoms with Crippen molar-refractivity contribution < 1.29 is 26.8 Å². The number of aliphatic imine (C=N–C) groups is 1. The molecule has 0 aliphatic carbocycles. The Morgan fingerprint density at radius 1 is 1.30 bits per heavy atom. The number of anilines is 1. The molecule has 2 rings (SSSR count). The van der Waals surface area contributed by atoms with Crippen LogP contribution < -0.4 is 10.6 Å². The van der Waals surface area contributed by atoms with Gasteiger partial charge in [-0.05, 0) is 12.1 Å². The van der Waals surface area contributed by atoms with Crippen molar-refractivity contribution in [2.75, 3.05) is 17.5 Å². The average molecular weight is 410 g/mol.